The Morgan fingerprint density at radius 2 is 2.23 bits per heavy atom. The van der Waals surface area contributed by atoms with Crippen LogP contribution in [0.5, 0.6) is 0 Å². The first-order valence-electron chi connectivity index (χ1n) is 9.48. The minimum atomic E-state index is -0.605. The number of anilines is 1. The first-order chi connectivity index (χ1) is 14.3. The summed E-state index contributed by atoms with van der Waals surface area (Å²) in [5.41, 5.74) is 8.68. The maximum atomic E-state index is 13.4. The Hall–Kier alpha value is -3.52. The highest BCUT2D eigenvalue weighted by Crippen LogP contribution is 2.27. The van der Waals surface area contributed by atoms with Crippen LogP contribution in [-0.4, -0.2) is 34.8 Å². The van der Waals surface area contributed by atoms with Crippen molar-refractivity contribution < 1.29 is 18.4 Å². The average molecular weight is 408 g/mol. The van der Waals surface area contributed by atoms with E-state index in [1.54, 1.807) is 25.4 Å². The molecule has 0 saturated heterocycles. The van der Waals surface area contributed by atoms with Gasteiger partial charge in [0.25, 0.3) is 0 Å². The molecule has 0 saturated carbocycles. The van der Waals surface area contributed by atoms with Crippen LogP contribution in [0.2, 0.25) is 0 Å². The number of furan rings is 1. The summed E-state index contributed by atoms with van der Waals surface area (Å²) >= 11 is 0. The number of carbonyl (C=O) groups excluding carboxylic acids is 2. The van der Waals surface area contributed by atoms with Crippen molar-refractivity contribution in [3.8, 4) is 0 Å². The molecule has 3 aromatic rings. The molecular formula is C22H21FN4O3. The van der Waals surface area contributed by atoms with E-state index >= 15 is 0 Å². The number of rotatable bonds is 4. The molecule has 3 N–H and O–H groups in total. The number of fused-ring (bicyclic) bond motifs is 2. The van der Waals surface area contributed by atoms with Crippen molar-refractivity contribution >= 4 is 34.7 Å². The van der Waals surface area contributed by atoms with Gasteiger partial charge in [-0.3, -0.25) is 9.59 Å². The zero-order valence-electron chi connectivity index (χ0n) is 16.6. The van der Waals surface area contributed by atoms with Crippen molar-refractivity contribution in [1.29, 1.82) is 0 Å². The summed E-state index contributed by atoms with van der Waals surface area (Å²) in [7, 11) is 1.67. The lowest BCUT2D eigenvalue weighted by Crippen LogP contribution is -2.41. The molecule has 3 heterocycles. The SMILES string of the molecule is Cc1c(CN(C)C(=O)/C=C/c2cnc3c(c2)CC(N)C(=O)N3)oc2cc(F)ccc12. The molecule has 2 amide bonds. The molecule has 1 aliphatic heterocycles. The van der Waals surface area contributed by atoms with Gasteiger partial charge in [0.15, 0.2) is 0 Å². The van der Waals surface area contributed by atoms with Crippen molar-refractivity contribution in [2.24, 2.45) is 5.73 Å². The van der Waals surface area contributed by atoms with E-state index in [9.17, 15) is 14.0 Å². The number of halogens is 1. The number of likely N-dealkylation sites (N-methyl/N-ethyl adjacent to an activating group) is 1. The van der Waals surface area contributed by atoms with Gasteiger partial charge in [-0.2, -0.15) is 0 Å². The van der Waals surface area contributed by atoms with Crippen LogP contribution in [0, 0.1) is 12.7 Å². The fourth-order valence-electron chi connectivity index (χ4n) is 3.42. The van der Waals surface area contributed by atoms with Gasteiger partial charge < -0.3 is 20.4 Å². The van der Waals surface area contributed by atoms with Crippen LogP contribution in [0.25, 0.3) is 17.0 Å². The normalized spacial score (nSPS) is 16.0. The number of amides is 2. The standard InChI is InChI=1S/C22H21FN4O3/c1-12-16-5-4-15(23)9-18(16)30-19(12)11-27(2)20(28)6-3-13-7-14-8-17(24)22(29)26-21(14)25-10-13/h3-7,9-10,17H,8,11,24H2,1-2H3,(H,25,26,29)/b6-3+. The number of hydrogen-bond acceptors (Lipinski definition) is 5. The summed E-state index contributed by atoms with van der Waals surface area (Å²) in [4.78, 5) is 29.9. The number of carbonyl (C=O) groups is 2. The van der Waals surface area contributed by atoms with Crippen molar-refractivity contribution in [3.05, 3.63) is 64.8 Å². The summed E-state index contributed by atoms with van der Waals surface area (Å²) in [6.07, 6.45) is 5.09. The second kappa shape index (κ2) is 7.72. The zero-order chi connectivity index (χ0) is 21.4. The highest BCUT2D eigenvalue weighted by atomic mass is 19.1. The van der Waals surface area contributed by atoms with E-state index in [1.165, 1.54) is 23.1 Å². The zero-order valence-corrected chi connectivity index (χ0v) is 16.6. The average Bonchev–Trinajstić information content (AvgIpc) is 3.01. The summed E-state index contributed by atoms with van der Waals surface area (Å²) in [6, 6.07) is 5.64. The van der Waals surface area contributed by atoms with Gasteiger partial charge >= 0.3 is 0 Å². The minimum absolute atomic E-state index is 0.219. The van der Waals surface area contributed by atoms with E-state index in [0.717, 1.165) is 22.1 Å². The van der Waals surface area contributed by atoms with E-state index in [2.05, 4.69) is 10.3 Å². The summed E-state index contributed by atoms with van der Waals surface area (Å²) in [5.74, 6) is 0.274. The van der Waals surface area contributed by atoms with E-state index < -0.39 is 6.04 Å². The Morgan fingerprint density at radius 1 is 1.43 bits per heavy atom. The predicted molar refractivity (Wildman–Crippen MR) is 111 cm³/mol. The Balaban J connectivity index is 1.46. The minimum Gasteiger partial charge on any atom is -0.459 e. The fraction of sp³-hybridized carbons (Fsp3) is 0.227. The van der Waals surface area contributed by atoms with E-state index in [-0.39, 0.29) is 24.2 Å². The number of benzene rings is 1. The molecular weight excluding hydrogens is 387 g/mol. The van der Waals surface area contributed by atoms with Crippen LogP contribution in [-0.2, 0) is 22.6 Å². The van der Waals surface area contributed by atoms with Crippen LogP contribution in [0.4, 0.5) is 10.2 Å². The Bertz CT molecular complexity index is 1180. The number of aromatic nitrogens is 1. The Morgan fingerprint density at radius 3 is 3.03 bits per heavy atom. The number of nitrogens with two attached hydrogens (primary N) is 1. The van der Waals surface area contributed by atoms with E-state index in [0.29, 0.717) is 23.6 Å². The van der Waals surface area contributed by atoms with Gasteiger partial charge in [-0.05, 0) is 42.3 Å². The van der Waals surface area contributed by atoms with Gasteiger partial charge in [-0.1, -0.05) is 0 Å². The van der Waals surface area contributed by atoms with Crippen LogP contribution in [0.3, 0.4) is 0 Å². The Labute approximate surface area is 172 Å². The molecule has 0 aliphatic carbocycles. The highest BCUT2D eigenvalue weighted by molar-refractivity contribution is 5.97. The third kappa shape index (κ3) is 3.81. The summed E-state index contributed by atoms with van der Waals surface area (Å²) in [5, 5.41) is 3.49. The smallest absolute Gasteiger partial charge is 0.246 e. The topological polar surface area (TPSA) is 101 Å². The van der Waals surface area contributed by atoms with Gasteiger partial charge in [-0.25, -0.2) is 9.37 Å². The third-order valence-electron chi connectivity index (χ3n) is 5.18. The molecule has 0 bridgehead atoms. The second-order valence-electron chi connectivity index (χ2n) is 7.39. The molecule has 0 spiro atoms. The quantitative estimate of drug-likeness (QED) is 0.647. The van der Waals surface area contributed by atoms with Gasteiger partial charge in [0.05, 0.1) is 12.6 Å². The number of nitrogens with zero attached hydrogens (tertiary/aromatic N) is 2. The highest BCUT2D eigenvalue weighted by Gasteiger charge is 2.23. The maximum Gasteiger partial charge on any atom is 0.246 e. The molecule has 1 atom stereocenters. The molecule has 154 valence electrons. The van der Waals surface area contributed by atoms with E-state index in [1.807, 2.05) is 13.0 Å². The molecule has 1 aromatic carbocycles. The van der Waals surface area contributed by atoms with Gasteiger partial charge in [0, 0.05) is 42.8 Å². The molecule has 7 nitrogen and oxygen atoms in total. The second-order valence-corrected chi connectivity index (χ2v) is 7.39. The number of hydrogen-bond donors (Lipinski definition) is 2. The van der Waals surface area contributed by atoms with Crippen LogP contribution >= 0.6 is 0 Å². The maximum absolute atomic E-state index is 13.4. The lowest BCUT2D eigenvalue weighted by molar-refractivity contribution is -0.125. The first kappa shape index (κ1) is 19.8. The summed E-state index contributed by atoms with van der Waals surface area (Å²) < 4.78 is 19.1. The van der Waals surface area contributed by atoms with Crippen LogP contribution in [0.1, 0.15) is 22.5 Å². The number of aryl methyl sites for hydroxylation is 1. The fourth-order valence-corrected chi connectivity index (χ4v) is 3.42. The van der Waals surface area contributed by atoms with Crippen molar-refractivity contribution in [2.75, 3.05) is 12.4 Å². The monoisotopic (exact) mass is 408 g/mol. The van der Waals surface area contributed by atoms with Gasteiger partial charge in [0.2, 0.25) is 11.8 Å². The van der Waals surface area contributed by atoms with E-state index in [4.69, 9.17) is 10.2 Å². The molecule has 4 rings (SSSR count). The van der Waals surface area contributed by atoms with Gasteiger partial charge in [-0.15, -0.1) is 0 Å². The molecule has 1 unspecified atom stereocenters. The first-order valence-corrected chi connectivity index (χ1v) is 9.48. The third-order valence-corrected chi connectivity index (χ3v) is 5.18. The van der Waals surface area contributed by atoms with Crippen molar-refractivity contribution in [1.82, 2.24) is 9.88 Å². The van der Waals surface area contributed by atoms with Crippen LogP contribution in [0.15, 0.2) is 41.0 Å². The largest absolute Gasteiger partial charge is 0.459 e. The molecule has 1 aliphatic rings. The van der Waals surface area contributed by atoms with Gasteiger partial charge in [0.1, 0.15) is 23.0 Å². The predicted octanol–water partition coefficient (Wildman–Crippen LogP) is 2.77. The molecule has 2 aromatic heterocycles. The lowest BCUT2D eigenvalue weighted by atomic mass is 10.0. The number of nitrogens with one attached hydrogen (secondary N) is 1. The molecule has 0 fully saturated rings. The van der Waals surface area contributed by atoms with Crippen LogP contribution < -0.4 is 11.1 Å². The summed E-state index contributed by atoms with van der Waals surface area (Å²) in [6.45, 7) is 2.14. The van der Waals surface area contributed by atoms with Crippen molar-refractivity contribution in [2.45, 2.75) is 25.9 Å². The Kier molecular flexibility index (Phi) is 5.09. The molecule has 8 heteroatoms. The number of pyridine rings is 1. The molecule has 30 heavy (non-hydrogen) atoms. The van der Waals surface area contributed by atoms with Crippen molar-refractivity contribution in [3.63, 3.8) is 0 Å². The lowest BCUT2D eigenvalue weighted by Gasteiger charge is -2.20. The molecule has 0 radical (unpaired) electrons.